The van der Waals surface area contributed by atoms with Gasteiger partial charge in [0.05, 0.1) is 5.92 Å². The highest BCUT2D eigenvalue weighted by Crippen LogP contribution is 2.37. The topological polar surface area (TPSA) is 17.1 Å². The molecule has 0 aromatic carbocycles. The molecule has 0 spiro atoms. The minimum Gasteiger partial charge on any atom is -0.295 e. The quantitative estimate of drug-likeness (QED) is 0.639. The molecular formula is C7H6BrF3O. The summed E-state index contributed by atoms with van der Waals surface area (Å²) in [6, 6.07) is 0. The lowest BCUT2D eigenvalue weighted by molar-refractivity contribution is -0.178. The normalized spacial score (nSPS) is 25.5. The van der Waals surface area contributed by atoms with Crippen molar-refractivity contribution in [2.45, 2.75) is 19.0 Å². The monoisotopic (exact) mass is 242 g/mol. The van der Waals surface area contributed by atoms with Crippen LogP contribution < -0.4 is 0 Å². The SMILES string of the molecule is O=C1C=C(Br)CC(C(F)(F)F)C1. The van der Waals surface area contributed by atoms with Crippen molar-refractivity contribution in [2.24, 2.45) is 5.92 Å². The molecule has 0 saturated carbocycles. The molecule has 1 rings (SSSR count). The van der Waals surface area contributed by atoms with Crippen molar-refractivity contribution in [1.82, 2.24) is 0 Å². The number of hydrogen-bond acceptors (Lipinski definition) is 1. The van der Waals surface area contributed by atoms with E-state index in [1.54, 1.807) is 0 Å². The van der Waals surface area contributed by atoms with Gasteiger partial charge in [-0.25, -0.2) is 0 Å². The summed E-state index contributed by atoms with van der Waals surface area (Å²) in [6.07, 6.45) is -3.58. The van der Waals surface area contributed by atoms with E-state index >= 15 is 0 Å². The van der Waals surface area contributed by atoms with E-state index < -0.39 is 24.3 Å². The molecule has 1 aliphatic carbocycles. The predicted octanol–water partition coefficient (Wildman–Crippen LogP) is 2.81. The lowest BCUT2D eigenvalue weighted by Crippen LogP contribution is -2.27. The third-order valence-corrected chi connectivity index (χ3v) is 2.22. The standard InChI is InChI=1S/C7H6BrF3O/c8-5-1-4(7(9,10)11)2-6(12)3-5/h3-4H,1-2H2. The predicted molar refractivity (Wildman–Crippen MR) is 40.8 cm³/mol. The third-order valence-electron chi connectivity index (χ3n) is 1.67. The number of rotatable bonds is 0. The molecule has 0 saturated heterocycles. The van der Waals surface area contributed by atoms with Crippen LogP contribution in [0.25, 0.3) is 0 Å². The number of alkyl halides is 3. The molecule has 12 heavy (non-hydrogen) atoms. The van der Waals surface area contributed by atoms with E-state index in [-0.39, 0.29) is 6.42 Å². The van der Waals surface area contributed by atoms with Crippen LogP contribution in [0.5, 0.6) is 0 Å². The largest absolute Gasteiger partial charge is 0.392 e. The highest BCUT2D eigenvalue weighted by atomic mass is 79.9. The summed E-state index contributed by atoms with van der Waals surface area (Å²) < 4.78 is 36.6. The van der Waals surface area contributed by atoms with Crippen molar-refractivity contribution in [2.75, 3.05) is 0 Å². The fraction of sp³-hybridized carbons (Fsp3) is 0.571. The van der Waals surface area contributed by atoms with Gasteiger partial charge in [-0.2, -0.15) is 13.2 Å². The van der Waals surface area contributed by atoms with Crippen molar-refractivity contribution in [3.05, 3.63) is 10.6 Å². The Morgan fingerprint density at radius 2 is 2.00 bits per heavy atom. The van der Waals surface area contributed by atoms with Gasteiger partial charge in [0.25, 0.3) is 0 Å². The average molecular weight is 243 g/mol. The molecule has 0 N–H and O–H groups in total. The van der Waals surface area contributed by atoms with Crippen LogP contribution in [-0.4, -0.2) is 12.0 Å². The minimum absolute atomic E-state index is 0.116. The minimum atomic E-state index is -4.26. The van der Waals surface area contributed by atoms with Gasteiger partial charge in [-0.15, -0.1) is 0 Å². The Balaban J connectivity index is 2.74. The summed E-state index contributed by atoms with van der Waals surface area (Å²) in [5.74, 6) is -1.97. The van der Waals surface area contributed by atoms with Gasteiger partial charge in [0.15, 0.2) is 5.78 Å². The van der Waals surface area contributed by atoms with Crippen LogP contribution in [0, 0.1) is 5.92 Å². The maximum absolute atomic E-state index is 12.1. The summed E-state index contributed by atoms with van der Waals surface area (Å²) in [4.78, 5) is 10.7. The van der Waals surface area contributed by atoms with E-state index in [2.05, 4.69) is 15.9 Å². The number of carbonyl (C=O) groups excluding carboxylic acids is 1. The van der Waals surface area contributed by atoms with Gasteiger partial charge in [0.2, 0.25) is 0 Å². The fourth-order valence-electron chi connectivity index (χ4n) is 1.07. The molecule has 0 aromatic heterocycles. The van der Waals surface area contributed by atoms with E-state index in [9.17, 15) is 18.0 Å². The van der Waals surface area contributed by atoms with Crippen molar-refractivity contribution in [3.8, 4) is 0 Å². The average Bonchev–Trinajstić information content (AvgIpc) is 1.82. The van der Waals surface area contributed by atoms with Crippen molar-refractivity contribution in [1.29, 1.82) is 0 Å². The number of allylic oxidation sites excluding steroid dienone is 2. The van der Waals surface area contributed by atoms with Crippen molar-refractivity contribution < 1.29 is 18.0 Å². The fourth-order valence-corrected chi connectivity index (χ4v) is 1.72. The molecule has 1 nitrogen and oxygen atoms in total. The summed E-state index contributed by atoms with van der Waals surface area (Å²) >= 11 is 2.90. The molecule has 0 amide bonds. The summed E-state index contributed by atoms with van der Waals surface area (Å²) in [5, 5.41) is 0. The first-order chi connectivity index (χ1) is 5.39. The zero-order valence-electron chi connectivity index (χ0n) is 5.99. The Morgan fingerprint density at radius 3 is 2.42 bits per heavy atom. The van der Waals surface area contributed by atoms with Crippen LogP contribution in [0.15, 0.2) is 10.6 Å². The zero-order chi connectivity index (χ0) is 9.35. The highest BCUT2D eigenvalue weighted by molar-refractivity contribution is 9.11. The molecule has 0 aliphatic heterocycles. The van der Waals surface area contributed by atoms with Crippen LogP contribution in [0.2, 0.25) is 0 Å². The summed E-state index contributed by atoms with van der Waals surface area (Å²) in [6.45, 7) is 0. The maximum atomic E-state index is 12.1. The Bertz CT molecular complexity index is 231. The van der Waals surface area contributed by atoms with E-state index in [1.165, 1.54) is 6.08 Å². The molecule has 1 unspecified atom stereocenters. The van der Waals surface area contributed by atoms with Gasteiger partial charge >= 0.3 is 6.18 Å². The van der Waals surface area contributed by atoms with Crippen LogP contribution in [0.1, 0.15) is 12.8 Å². The number of ketones is 1. The molecule has 0 radical (unpaired) electrons. The molecule has 0 heterocycles. The molecule has 5 heteroatoms. The number of hydrogen-bond donors (Lipinski definition) is 0. The lowest BCUT2D eigenvalue weighted by atomic mass is 9.93. The van der Waals surface area contributed by atoms with Crippen molar-refractivity contribution >= 4 is 21.7 Å². The molecule has 0 aromatic rings. The maximum Gasteiger partial charge on any atom is 0.392 e. The Kier molecular flexibility index (Phi) is 2.61. The molecule has 1 atom stereocenters. The summed E-state index contributed by atoms with van der Waals surface area (Å²) in [7, 11) is 0. The molecular weight excluding hydrogens is 237 g/mol. The van der Waals surface area contributed by atoms with Crippen LogP contribution in [0.3, 0.4) is 0 Å². The van der Waals surface area contributed by atoms with Crippen molar-refractivity contribution in [3.63, 3.8) is 0 Å². The number of halogens is 4. The van der Waals surface area contributed by atoms with E-state index in [0.29, 0.717) is 4.48 Å². The first kappa shape index (κ1) is 9.77. The highest BCUT2D eigenvalue weighted by Gasteiger charge is 2.42. The Labute approximate surface area is 75.8 Å². The van der Waals surface area contributed by atoms with Gasteiger partial charge in [-0.1, -0.05) is 15.9 Å². The number of carbonyl (C=O) groups is 1. The smallest absolute Gasteiger partial charge is 0.295 e. The zero-order valence-corrected chi connectivity index (χ0v) is 7.58. The molecule has 0 bridgehead atoms. The van der Waals surface area contributed by atoms with Gasteiger partial charge in [-0.3, -0.25) is 4.79 Å². The summed E-state index contributed by atoms with van der Waals surface area (Å²) in [5.41, 5.74) is 0. The van der Waals surface area contributed by atoms with E-state index in [0.717, 1.165) is 0 Å². The second kappa shape index (κ2) is 3.20. The van der Waals surface area contributed by atoms with Gasteiger partial charge in [0.1, 0.15) is 0 Å². The van der Waals surface area contributed by atoms with Gasteiger partial charge < -0.3 is 0 Å². The second-order valence-electron chi connectivity index (χ2n) is 2.70. The third kappa shape index (κ3) is 2.33. The van der Waals surface area contributed by atoms with Crippen LogP contribution in [-0.2, 0) is 4.79 Å². The van der Waals surface area contributed by atoms with Crippen LogP contribution >= 0.6 is 15.9 Å². The van der Waals surface area contributed by atoms with Crippen LogP contribution in [0.4, 0.5) is 13.2 Å². The Morgan fingerprint density at radius 1 is 1.42 bits per heavy atom. The second-order valence-corrected chi connectivity index (χ2v) is 3.72. The first-order valence-corrected chi connectivity index (χ1v) is 4.14. The molecule has 1 aliphatic rings. The van der Waals surface area contributed by atoms with E-state index in [1.807, 2.05) is 0 Å². The molecule has 0 fully saturated rings. The van der Waals surface area contributed by atoms with Gasteiger partial charge in [0, 0.05) is 6.42 Å². The molecule has 68 valence electrons. The Hall–Kier alpha value is -0.320. The lowest BCUT2D eigenvalue weighted by Gasteiger charge is -2.21. The van der Waals surface area contributed by atoms with Gasteiger partial charge in [-0.05, 0) is 17.0 Å². The first-order valence-electron chi connectivity index (χ1n) is 3.35. The van der Waals surface area contributed by atoms with E-state index in [4.69, 9.17) is 0 Å².